The minimum absolute atomic E-state index is 0.0178. The van der Waals surface area contributed by atoms with E-state index in [1.54, 1.807) is 4.90 Å². The number of carbonyl (C=O) groups excluding carboxylic acids is 2. The maximum Gasteiger partial charge on any atom is 0.265 e. The third-order valence-electron chi connectivity index (χ3n) is 4.85. The van der Waals surface area contributed by atoms with Crippen LogP contribution in [0.2, 0.25) is 0 Å². The molecule has 4 rings (SSSR count). The number of rotatable bonds is 6. The molecule has 0 saturated heterocycles. The van der Waals surface area contributed by atoms with E-state index in [0.29, 0.717) is 28.1 Å². The van der Waals surface area contributed by atoms with Crippen molar-refractivity contribution < 1.29 is 14.3 Å². The van der Waals surface area contributed by atoms with E-state index in [2.05, 4.69) is 31.4 Å². The molecule has 3 aromatic rings. The summed E-state index contributed by atoms with van der Waals surface area (Å²) >= 11 is 4.70. The average Bonchev–Trinajstić information content (AvgIpc) is 3.14. The van der Waals surface area contributed by atoms with E-state index in [9.17, 15) is 9.59 Å². The lowest BCUT2D eigenvalue weighted by atomic mass is 10.1. The van der Waals surface area contributed by atoms with Crippen molar-refractivity contribution in [1.82, 2.24) is 14.8 Å². The van der Waals surface area contributed by atoms with Crippen molar-refractivity contribution in [3.05, 3.63) is 58.8 Å². The Labute approximate surface area is 192 Å². The summed E-state index contributed by atoms with van der Waals surface area (Å²) in [6.07, 6.45) is 0. The van der Waals surface area contributed by atoms with Crippen LogP contribution in [0.1, 0.15) is 18.8 Å². The Hall–Kier alpha value is -2.85. The predicted octanol–water partition coefficient (Wildman–Crippen LogP) is 3.80. The average molecular weight is 502 g/mol. The van der Waals surface area contributed by atoms with Crippen LogP contribution in [0.25, 0.3) is 0 Å². The van der Waals surface area contributed by atoms with Gasteiger partial charge in [-0.3, -0.25) is 14.5 Å². The normalized spacial score (nSPS) is 14.0. The number of nitrogens with one attached hydrogen (secondary N) is 1. The Bertz CT molecular complexity index is 1140. The molecule has 0 radical (unpaired) electrons. The first-order valence-electron chi connectivity index (χ1n) is 9.56. The molecule has 0 bridgehead atoms. The molecule has 10 heteroatoms. The Morgan fingerprint density at radius 1 is 1.23 bits per heavy atom. The van der Waals surface area contributed by atoms with Crippen LogP contribution < -0.4 is 15.0 Å². The van der Waals surface area contributed by atoms with Crippen LogP contribution in [0, 0.1) is 0 Å². The van der Waals surface area contributed by atoms with E-state index in [1.807, 2.05) is 67.1 Å². The van der Waals surface area contributed by atoms with E-state index in [4.69, 9.17) is 4.74 Å². The van der Waals surface area contributed by atoms with Crippen molar-refractivity contribution in [2.45, 2.75) is 18.1 Å². The summed E-state index contributed by atoms with van der Waals surface area (Å²) in [6, 6.07) is 14.5. The number of aromatic nitrogens is 3. The molecule has 1 aliphatic rings. The van der Waals surface area contributed by atoms with Crippen LogP contribution in [-0.2, 0) is 16.6 Å². The van der Waals surface area contributed by atoms with E-state index in [-0.39, 0.29) is 30.2 Å². The zero-order chi connectivity index (χ0) is 22.0. The lowest BCUT2D eigenvalue weighted by Crippen LogP contribution is -2.41. The molecular weight excluding hydrogens is 482 g/mol. The van der Waals surface area contributed by atoms with E-state index in [1.165, 1.54) is 11.8 Å². The van der Waals surface area contributed by atoms with Crippen LogP contribution in [0.5, 0.6) is 5.75 Å². The fraction of sp³-hybridized carbons (Fsp3) is 0.238. The Morgan fingerprint density at radius 3 is 2.77 bits per heavy atom. The molecule has 1 aliphatic heterocycles. The van der Waals surface area contributed by atoms with Gasteiger partial charge in [-0.2, -0.15) is 0 Å². The van der Waals surface area contributed by atoms with E-state index in [0.717, 1.165) is 4.47 Å². The molecule has 0 spiro atoms. The quantitative estimate of drug-likeness (QED) is 0.516. The number of nitrogens with zero attached hydrogens (tertiary/aromatic N) is 4. The molecule has 2 aromatic carbocycles. The molecule has 31 heavy (non-hydrogen) atoms. The van der Waals surface area contributed by atoms with Gasteiger partial charge in [-0.05, 0) is 47.1 Å². The number of benzene rings is 2. The molecule has 1 atom stereocenters. The molecule has 0 aliphatic carbocycles. The highest BCUT2D eigenvalue weighted by molar-refractivity contribution is 9.10. The Balaban J connectivity index is 1.46. The minimum atomic E-state index is -0.349. The van der Waals surface area contributed by atoms with Crippen LogP contribution in [0.15, 0.2) is 58.2 Å². The number of amides is 2. The molecule has 0 fully saturated rings. The van der Waals surface area contributed by atoms with Gasteiger partial charge in [0, 0.05) is 11.5 Å². The van der Waals surface area contributed by atoms with Gasteiger partial charge in [0.05, 0.1) is 23.2 Å². The molecule has 2 heterocycles. The van der Waals surface area contributed by atoms with Gasteiger partial charge in [-0.1, -0.05) is 36.0 Å². The van der Waals surface area contributed by atoms with Gasteiger partial charge in [0.25, 0.3) is 5.91 Å². The van der Waals surface area contributed by atoms with Gasteiger partial charge in [0.2, 0.25) is 5.91 Å². The molecule has 8 nitrogen and oxygen atoms in total. The summed E-state index contributed by atoms with van der Waals surface area (Å²) in [6.45, 7) is 1.88. The third kappa shape index (κ3) is 4.45. The van der Waals surface area contributed by atoms with Crippen molar-refractivity contribution in [1.29, 1.82) is 0 Å². The van der Waals surface area contributed by atoms with Crippen LogP contribution in [-0.4, -0.2) is 38.9 Å². The third-order valence-corrected chi connectivity index (χ3v) is 6.57. The highest BCUT2D eigenvalue weighted by Gasteiger charge is 2.32. The lowest BCUT2D eigenvalue weighted by Gasteiger charge is -2.33. The Morgan fingerprint density at radius 2 is 1.97 bits per heavy atom. The summed E-state index contributed by atoms with van der Waals surface area (Å²) in [5.41, 5.74) is 1.42. The van der Waals surface area contributed by atoms with Gasteiger partial charge in [-0.15, -0.1) is 10.2 Å². The second-order valence-electron chi connectivity index (χ2n) is 6.91. The highest BCUT2D eigenvalue weighted by atomic mass is 79.9. The number of ether oxygens (including phenoxy) is 1. The predicted molar refractivity (Wildman–Crippen MR) is 122 cm³/mol. The molecule has 1 N–H and O–H groups in total. The highest BCUT2D eigenvalue weighted by Crippen LogP contribution is 2.37. The van der Waals surface area contributed by atoms with Gasteiger partial charge >= 0.3 is 0 Å². The first-order valence-corrected chi connectivity index (χ1v) is 11.3. The number of hydrogen-bond acceptors (Lipinski definition) is 6. The van der Waals surface area contributed by atoms with Gasteiger partial charge < -0.3 is 14.6 Å². The molecule has 1 aromatic heterocycles. The molecule has 160 valence electrons. The van der Waals surface area contributed by atoms with Gasteiger partial charge in [-0.25, -0.2) is 0 Å². The number of hydrogen-bond donors (Lipinski definition) is 1. The van der Waals surface area contributed by atoms with Gasteiger partial charge in [0.1, 0.15) is 5.75 Å². The lowest BCUT2D eigenvalue weighted by molar-refractivity contribution is -0.121. The molecule has 2 amide bonds. The minimum Gasteiger partial charge on any atom is -0.482 e. The topological polar surface area (TPSA) is 89.4 Å². The number of thioether (sulfide) groups is 1. The maximum atomic E-state index is 12.6. The molecule has 1 unspecified atom stereocenters. The van der Waals surface area contributed by atoms with Crippen LogP contribution in [0.4, 0.5) is 11.4 Å². The number of carbonyl (C=O) groups is 2. The van der Waals surface area contributed by atoms with Crippen molar-refractivity contribution >= 4 is 50.9 Å². The van der Waals surface area contributed by atoms with Crippen LogP contribution in [0.3, 0.4) is 0 Å². The van der Waals surface area contributed by atoms with Crippen molar-refractivity contribution in [3.63, 3.8) is 0 Å². The van der Waals surface area contributed by atoms with E-state index >= 15 is 0 Å². The molecule has 0 saturated carbocycles. The maximum absolute atomic E-state index is 12.6. The first-order chi connectivity index (χ1) is 15.0. The summed E-state index contributed by atoms with van der Waals surface area (Å²) in [4.78, 5) is 26.6. The Kier molecular flexibility index (Phi) is 6.28. The second kappa shape index (κ2) is 9.11. The van der Waals surface area contributed by atoms with Crippen LogP contribution >= 0.6 is 27.7 Å². The number of fused-ring (bicyclic) bond motifs is 1. The first kappa shape index (κ1) is 21.4. The molecular formula is C21H20BrN5O3S. The smallest absolute Gasteiger partial charge is 0.265 e. The number of para-hydroxylation sites is 3. The fourth-order valence-corrected chi connectivity index (χ4v) is 4.46. The van der Waals surface area contributed by atoms with Gasteiger partial charge in [0.15, 0.2) is 17.6 Å². The SMILES string of the molecule is CC(c1nnc(SCC(=O)Nc2ccccc2Br)n1C)N1C(=O)COc2ccccc21. The van der Waals surface area contributed by atoms with E-state index < -0.39 is 0 Å². The zero-order valence-electron chi connectivity index (χ0n) is 16.9. The standard InChI is InChI=1S/C21H20BrN5O3S/c1-13(27-16-9-5-6-10-17(16)30-11-19(27)29)20-24-25-21(26(20)2)31-12-18(28)23-15-8-4-3-7-14(15)22/h3-10,13H,11-12H2,1-2H3,(H,23,28). The summed E-state index contributed by atoms with van der Waals surface area (Å²) in [5, 5.41) is 12.0. The number of anilines is 2. The van der Waals surface area contributed by atoms with Crippen molar-refractivity contribution in [2.75, 3.05) is 22.6 Å². The zero-order valence-corrected chi connectivity index (χ0v) is 19.3. The number of halogens is 1. The van der Waals surface area contributed by atoms with Crippen molar-refractivity contribution in [3.8, 4) is 5.75 Å². The van der Waals surface area contributed by atoms with Crippen molar-refractivity contribution in [2.24, 2.45) is 7.05 Å². The largest absolute Gasteiger partial charge is 0.482 e. The summed E-state index contributed by atoms with van der Waals surface area (Å²) in [7, 11) is 1.83. The second-order valence-corrected chi connectivity index (χ2v) is 8.71. The monoisotopic (exact) mass is 501 g/mol. The fourth-order valence-electron chi connectivity index (χ4n) is 3.36. The summed E-state index contributed by atoms with van der Waals surface area (Å²) in [5.74, 6) is 1.18. The summed E-state index contributed by atoms with van der Waals surface area (Å²) < 4.78 is 8.15.